The number of hydrogen-bond acceptors (Lipinski definition) is 4. The fourth-order valence-corrected chi connectivity index (χ4v) is 3.28. The Labute approximate surface area is 178 Å². The van der Waals surface area contributed by atoms with Crippen LogP contribution in [0.15, 0.2) is 42.5 Å². The Morgan fingerprint density at radius 1 is 0.935 bits per heavy atom. The van der Waals surface area contributed by atoms with Crippen molar-refractivity contribution in [2.75, 3.05) is 45.9 Å². The van der Waals surface area contributed by atoms with Gasteiger partial charge in [0.15, 0.2) is 6.61 Å². The number of amides is 2. The topological polar surface area (TPSA) is 61.9 Å². The molecule has 2 amide bonds. The standard InChI is InChI=1S/C22H24F3N3O3/c23-16-4-6-17(7-5-16)31-15-22(30)28-12-10-27(11-13-28)14-21(29)26-9-8-18-19(24)2-1-3-20(18)25/h1-7H,8-15H2,(H,26,29). The van der Waals surface area contributed by atoms with Crippen molar-refractivity contribution in [1.82, 2.24) is 15.1 Å². The molecule has 0 spiro atoms. The molecule has 0 bridgehead atoms. The molecule has 0 saturated carbocycles. The van der Waals surface area contributed by atoms with Crippen molar-refractivity contribution >= 4 is 11.8 Å². The van der Waals surface area contributed by atoms with Crippen LogP contribution in [0, 0.1) is 17.5 Å². The molecule has 1 fully saturated rings. The van der Waals surface area contributed by atoms with Gasteiger partial charge in [0.2, 0.25) is 5.91 Å². The molecule has 1 aliphatic heterocycles. The third kappa shape index (κ3) is 6.71. The first-order valence-electron chi connectivity index (χ1n) is 10.0. The Morgan fingerprint density at radius 3 is 2.23 bits per heavy atom. The highest BCUT2D eigenvalue weighted by Gasteiger charge is 2.22. The molecule has 3 rings (SSSR count). The molecule has 166 valence electrons. The second kappa shape index (κ2) is 10.8. The molecule has 6 nitrogen and oxygen atoms in total. The van der Waals surface area contributed by atoms with E-state index in [9.17, 15) is 22.8 Å². The highest BCUT2D eigenvalue weighted by Crippen LogP contribution is 2.13. The summed E-state index contributed by atoms with van der Waals surface area (Å²) in [6.07, 6.45) is 0.0700. The van der Waals surface area contributed by atoms with Gasteiger partial charge in [-0.15, -0.1) is 0 Å². The maximum absolute atomic E-state index is 13.6. The molecule has 0 radical (unpaired) electrons. The van der Waals surface area contributed by atoms with Crippen LogP contribution in [0.5, 0.6) is 5.75 Å². The molecule has 2 aromatic carbocycles. The molecule has 1 N–H and O–H groups in total. The van der Waals surface area contributed by atoms with Gasteiger partial charge >= 0.3 is 0 Å². The lowest BCUT2D eigenvalue weighted by molar-refractivity contribution is -0.135. The Balaban J connectivity index is 1.34. The lowest BCUT2D eigenvalue weighted by atomic mass is 10.1. The van der Waals surface area contributed by atoms with Gasteiger partial charge in [0, 0.05) is 38.3 Å². The first kappa shape index (κ1) is 22.6. The summed E-state index contributed by atoms with van der Waals surface area (Å²) >= 11 is 0. The van der Waals surface area contributed by atoms with Gasteiger partial charge in [-0.25, -0.2) is 13.2 Å². The lowest BCUT2D eigenvalue weighted by Crippen LogP contribution is -2.52. The van der Waals surface area contributed by atoms with Gasteiger partial charge in [0.05, 0.1) is 6.54 Å². The second-order valence-corrected chi connectivity index (χ2v) is 7.20. The van der Waals surface area contributed by atoms with Crippen LogP contribution in [-0.2, 0) is 16.0 Å². The van der Waals surface area contributed by atoms with E-state index in [1.807, 2.05) is 4.90 Å². The van der Waals surface area contributed by atoms with Crippen LogP contribution in [0.1, 0.15) is 5.56 Å². The van der Waals surface area contributed by atoms with E-state index in [2.05, 4.69) is 5.32 Å². The molecule has 1 heterocycles. The number of nitrogens with one attached hydrogen (secondary N) is 1. The van der Waals surface area contributed by atoms with Crippen LogP contribution in [-0.4, -0.2) is 67.5 Å². The zero-order valence-electron chi connectivity index (χ0n) is 17.0. The van der Waals surface area contributed by atoms with E-state index in [4.69, 9.17) is 4.74 Å². The zero-order chi connectivity index (χ0) is 22.2. The third-order valence-corrected chi connectivity index (χ3v) is 5.03. The van der Waals surface area contributed by atoms with Gasteiger partial charge in [-0.05, 0) is 42.8 Å². The van der Waals surface area contributed by atoms with Crippen molar-refractivity contribution in [2.45, 2.75) is 6.42 Å². The van der Waals surface area contributed by atoms with Crippen molar-refractivity contribution in [1.29, 1.82) is 0 Å². The Morgan fingerprint density at radius 2 is 1.58 bits per heavy atom. The van der Waals surface area contributed by atoms with Crippen LogP contribution < -0.4 is 10.1 Å². The minimum absolute atomic E-state index is 0.0437. The molecule has 1 aliphatic rings. The van der Waals surface area contributed by atoms with Crippen molar-refractivity contribution in [3.05, 3.63) is 65.5 Å². The number of piperazine rings is 1. The maximum Gasteiger partial charge on any atom is 0.260 e. The summed E-state index contributed by atoms with van der Waals surface area (Å²) < 4.78 is 45.5. The first-order valence-corrected chi connectivity index (χ1v) is 10.0. The number of benzene rings is 2. The molecule has 2 aromatic rings. The van der Waals surface area contributed by atoms with Crippen LogP contribution in [0.2, 0.25) is 0 Å². The van der Waals surface area contributed by atoms with Gasteiger partial charge in [-0.3, -0.25) is 14.5 Å². The van der Waals surface area contributed by atoms with E-state index >= 15 is 0 Å². The summed E-state index contributed by atoms with van der Waals surface area (Å²) in [6.45, 7) is 2.11. The lowest BCUT2D eigenvalue weighted by Gasteiger charge is -2.34. The molecular formula is C22H24F3N3O3. The fraction of sp³-hybridized carbons (Fsp3) is 0.364. The van der Waals surface area contributed by atoms with Crippen molar-refractivity contribution in [2.24, 2.45) is 0 Å². The monoisotopic (exact) mass is 435 g/mol. The van der Waals surface area contributed by atoms with Gasteiger partial charge in [-0.1, -0.05) is 6.07 Å². The van der Waals surface area contributed by atoms with Crippen molar-refractivity contribution in [3.8, 4) is 5.75 Å². The summed E-state index contributed by atoms with van der Waals surface area (Å²) in [5, 5.41) is 2.67. The molecule has 0 aliphatic carbocycles. The minimum atomic E-state index is -0.626. The number of carbonyl (C=O) groups excluding carboxylic acids is 2. The number of carbonyl (C=O) groups is 2. The molecule has 1 saturated heterocycles. The molecule has 9 heteroatoms. The number of rotatable bonds is 8. The Hall–Kier alpha value is -3.07. The van der Waals surface area contributed by atoms with E-state index in [0.717, 1.165) is 0 Å². The van der Waals surface area contributed by atoms with Crippen LogP contribution >= 0.6 is 0 Å². The summed E-state index contributed by atoms with van der Waals surface area (Å²) in [5.74, 6) is -1.63. The normalized spacial score (nSPS) is 14.4. The summed E-state index contributed by atoms with van der Waals surface area (Å²) in [6, 6.07) is 9.11. The van der Waals surface area contributed by atoms with Gasteiger partial charge in [0.1, 0.15) is 23.2 Å². The van der Waals surface area contributed by atoms with Crippen LogP contribution in [0.3, 0.4) is 0 Å². The summed E-state index contributed by atoms with van der Waals surface area (Å²) in [4.78, 5) is 27.9. The summed E-state index contributed by atoms with van der Waals surface area (Å²) in [5.41, 5.74) is -0.0437. The van der Waals surface area contributed by atoms with Gasteiger partial charge in [0.25, 0.3) is 5.91 Å². The minimum Gasteiger partial charge on any atom is -0.484 e. The molecule has 0 atom stereocenters. The van der Waals surface area contributed by atoms with Gasteiger partial charge < -0.3 is 15.0 Å². The zero-order valence-corrected chi connectivity index (χ0v) is 17.0. The van der Waals surface area contributed by atoms with E-state index in [-0.39, 0.29) is 49.3 Å². The van der Waals surface area contributed by atoms with E-state index < -0.39 is 11.6 Å². The second-order valence-electron chi connectivity index (χ2n) is 7.20. The quantitative estimate of drug-likeness (QED) is 0.689. The first-order chi connectivity index (χ1) is 14.9. The van der Waals surface area contributed by atoms with E-state index in [1.54, 1.807) is 4.90 Å². The molecule has 0 unspecified atom stereocenters. The largest absolute Gasteiger partial charge is 0.484 e. The van der Waals surface area contributed by atoms with Gasteiger partial charge in [-0.2, -0.15) is 0 Å². The molecule has 31 heavy (non-hydrogen) atoms. The Kier molecular flexibility index (Phi) is 7.88. The number of hydrogen-bond donors (Lipinski definition) is 1. The predicted molar refractivity (Wildman–Crippen MR) is 108 cm³/mol. The van der Waals surface area contributed by atoms with Crippen molar-refractivity contribution < 1.29 is 27.5 Å². The van der Waals surface area contributed by atoms with Crippen molar-refractivity contribution in [3.63, 3.8) is 0 Å². The van der Waals surface area contributed by atoms with Crippen LogP contribution in [0.4, 0.5) is 13.2 Å². The SMILES string of the molecule is O=C(CN1CCN(C(=O)COc2ccc(F)cc2)CC1)NCCc1c(F)cccc1F. The number of nitrogens with zero attached hydrogens (tertiary/aromatic N) is 2. The average molecular weight is 435 g/mol. The van der Waals surface area contributed by atoms with E-state index in [0.29, 0.717) is 31.9 Å². The average Bonchev–Trinajstić information content (AvgIpc) is 2.76. The maximum atomic E-state index is 13.6. The highest BCUT2D eigenvalue weighted by molar-refractivity contribution is 5.79. The molecule has 0 aromatic heterocycles. The summed E-state index contributed by atoms with van der Waals surface area (Å²) in [7, 11) is 0. The predicted octanol–water partition coefficient (Wildman–Crippen LogP) is 1.99. The Bertz CT molecular complexity index is 880. The highest BCUT2D eigenvalue weighted by atomic mass is 19.1. The van der Waals surface area contributed by atoms with Crippen LogP contribution in [0.25, 0.3) is 0 Å². The smallest absolute Gasteiger partial charge is 0.260 e. The number of ether oxygens (including phenoxy) is 1. The fourth-order valence-electron chi connectivity index (χ4n) is 3.28. The third-order valence-electron chi connectivity index (χ3n) is 5.03. The van der Waals surface area contributed by atoms with E-state index in [1.165, 1.54) is 42.5 Å². The number of halogens is 3. The molecular weight excluding hydrogens is 411 g/mol.